The first-order chi connectivity index (χ1) is 5.11. The summed E-state index contributed by atoms with van der Waals surface area (Å²) >= 11 is 0. The number of nitrogens with one attached hydrogen (secondary N) is 1. The van der Waals surface area contributed by atoms with Gasteiger partial charge in [0.05, 0.1) is 17.6 Å². The zero-order valence-electron chi connectivity index (χ0n) is 6.13. The van der Waals surface area contributed by atoms with E-state index in [1.807, 2.05) is 0 Å². The van der Waals surface area contributed by atoms with Crippen LogP contribution in [0.3, 0.4) is 0 Å². The summed E-state index contributed by atoms with van der Waals surface area (Å²) in [6, 6.07) is 0. The van der Waals surface area contributed by atoms with Gasteiger partial charge < -0.3 is 11.5 Å². The fourth-order valence-electron chi connectivity index (χ4n) is 0.606. The second-order valence-electron chi connectivity index (χ2n) is 2.15. The maximum Gasteiger partial charge on any atom is 0.194 e. The van der Waals surface area contributed by atoms with Crippen molar-refractivity contribution in [2.75, 3.05) is 5.73 Å². The highest BCUT2D eigenvalue weighted by atomic mass is 15.0. The molecule has 0 aliphatic carbocycles. The zero-order valence-corrected chi connectivity index (χ0v) is 6.13. The van der Waals surface area contributed by atoms with Crippen LogP contribution in [0.4, 0.5) is 5.69 Å². The third-order valence-electron chi connectivity index (χ3n) is 1.26. The largest absolute Gasteiger partial charge is 0.396 e. The van der Waals surface area contributed by atoms with Crippen molar-refractivity contribution in [3.05, 3.63) is 17.7 Å². The van der Waals surface area contributed by atoms with Gasteiger partial charge in [0.25, 0.3) is 0 Å². The van der Waals surface area contributed by atoms with Gasteiger partial charge in [-0.1, -0.05) is 0 Å². The Labute approximate surface area is 64.0 Å². The Balaban J connectivity index is 3.15. The summed E-state index contributed by atoms with van der Waals surface area (Å²) in [5.74, 6) is 0.0739. The molecule has 1 aromatic rings. The lowest BCUT2D eigenvalue weighted by molar-refractivity contribution is 1.07. The lowest BCUT2D eigenvalue weighted by atomic mass is 10.4. The quantitative estimate of drug-likeness (QED) is 0.377. The van der Waals surface area contributed by atoms with E-state index in [1.165, 1.54) is 6.20 Å². The molecular formula is C6H9N5. The van der Waals surface area contributed by atoms with E-state index in [9.17, 15) is 0 Å². The molecule has 0 spiro atoms. The van der Waals surface area contributed by atoms with Gasteiger partial charge in [0.1, 0.15) is 0 Å². The van der Waals surface area contributed by atoms with Crippen molar-refractivity contribution in [2.45, 2.75) is 6.92 Å². The van der Waals surface area contributed by atoms with Crippen molar-refractivity contribution in [1.29, 1.82) is 5.41 Å². The third-order valence-corrected chi connectivity index (χ3v) is 1.26. The normalized spacial score (nSPS) is 9.55. The molecule has 0 amide bonds. The van der Waals surface area contributed by atoms with Crippen LogP contribution in [-0.2, 0) is 0 Å². The van der Waals surface area contributed by atoms with Crippen LogP contribution in [0.15, 0.2) is 6.20 Å². The summed E-state index contributed by atoms with van der Waals surface area (Å²) < 4.78 is 0. The summed E-state index contributed by atoms with van der Waals surface area (Å²) in [7, 11) is 0. The average Bonchev–Trinajstić information content (AvgIpc) is 1.94. The minimum Gasteiger partial charge on any atom is -0.396 e. The van der Waals surface area contributed by atoms with E-state index in [-0.39, 0.29) is 11.7 Å². The molecule has 0 saturated heterocycles. The molecule has 1 rings (SSSR count). The fourth-order valence-corrected chi connectivity index (χ4v) is 0.606. The van der Waals surface area contributed by atoms with Gasteiger partial charge in [-0.25, -0.2) is 9.97 Å². The first-order valence-electron chi connectivity index (χ1n) is 3.05. The van der Waals surface area contributed by atoms with Crippen LogP contribution >= 0.6 is 0 Å². The van der Waals surface area contributed by atoms with E-state index in [1.54, 1.807) is 6.92 Å². The van der Waals surface area contributed by atoms with Crippen molar-refractivity contribution >= 4 is 11.5 Å². The molecular weight excluding hydrogens is 142 g/mol. The molecule has 11 heavy (non-hydrogen) atoms. The first-order valence-corrected chi connectivity index (χ1v) is 3.05. The number of aromatic nitrogens is 2. The van der Waals surface area contributed by atoms with E-state index in [0.29, 0.717) is 11.4 Å². The van der Waals surface area contributed by atoms with E-state index < -0.39 is 0 Å². The van der Waals surface area contributed by atoms with Crippen molar-refractivity contribution < 1.29 is 0 Å². The third kappa shape index (κ3) is 1.43. The van der Waals surface area contributed by atoms with Crippen LogP contribution < -0.4 is 11.5 Å². The number of hydrogen-bond acceptors (Lipinski definition) is 4. The molecule has 0 aliphatic heterocycles. The number of amidine groups is 1. The smallest absolute Gasteiger partial charge is 0.194 e. The monoisotopic (exact) mass is 151 g/mol. The topological polar surface area (TPSA) is 102 Å². The van der Waals surface area contributed by atoms with Crippen molar-refractivity contribution in [2.24, 2.45) is 5.73 Å². The van der Waals surface area contributed by atoms with Crippen molar-refractivity contribution in [3.8, 4) is 0 Å². The minimum absolute atomic E-state index is 0.145. The van der Waals surface area contributed by atoms with Crippen molar-refractivity contribution in [1.82, 2.24) is 9.97 Å². The number of nitrogens with zero attached hydrogens (tertiary/aromatic N) is 2. The Bertz CT molecular complexity index is 293. The molecule has 58 valence electrons. The Morgan fingerprint density at radius 2 is 2.27 bits per heavy atom. The summed E-state index contributed by atoms with van der Waals surface area (Å²) in [4.78, 5) is 7.64. The van der Waals surface area contributed by atoms with E-state index in [2.05, 4.69) is 9.97 Å². The van der Waals surface area contributed by atoms with E-state index >= 15 is 0 Å². The van der Waals surface area contributed by atoms with Crippen LogP contribution in [0.5, 0.6) is 0 Å². The molecule has 0 fully saturated rings. The summed E-state index contributed by atoms with van der Waals surface area (Å²) in [5.41, 5.74) is 11.8. The Morgan fingerprint density at radius 1 is 1.64 bits per heavy atom. The summed E-state index contributed by atoms with van der Waals surface area (Å²) in [6.45, 7) is 1.74. The Hall–Kier alpha value is -1.65. The van der Waals surface area contributed by atoms with Gasteiger partial charge in [-0.15, -0.1) is 0 Å². The van der Waals surface area contributed by atoms with Crippen LogP contribution in [0.1, 0.15) is 11.5 Å². The SMILES string of the molecule is Cc1nc(C(=N)N)ncc1N. The van der Waals surface area contributed by atoms with Gasteiger partial charge in [0.2, 0.25) is 0 Å². The highest BCUT2D eigenvalue weighted by Crippen LogP contribution is 2.03. The minimum atomic E-state index is -0.145. The fraction of sp³-hybridized carbons (Fsp3) is 0.167. The van der Waals surface area contributed by atoms with Gasteiger partial charge in [-0.3, -0.25) is 5.41 Å². The van der Waals surface area contributed by atoms with Gasteiger partial charge in [-0.05, 0) is 6.92 Å². The van der Waals surface area contributed by atoms with Gasteiger partial charge in [-0.2, -0.15) is 0 Å². The second kappa shape index (κ2) is 2.53. The molecule has 0 atom stereocenters. The molecule has 0 aliphatic rings. The van der Waals surface area contributed by atoms with Crippen molar-refractivity contribution in [3.63, 3.8) is 0 Å². The van der Waals surface area contributed by atoms with E-state index in [4.69, 9.17) is 16.9 Å². The number of rotatable bonds is 1. The highest BCUT2D eigenvalue weighted by molar-refractivity contribution is 5.91. The highest BCUT2D eigenvalue weighted by Gasteiger charge is 2.01. The maximum absolute atomic E-state index is 7.01. The van der Waals surface area contributed by atoms with Crippen LogP contribution in [-0.4, -0.2) is 15.8 Å². The number of aryl methyl sites for hydroxylation is 1. The molecule has 0 saturated carbocycles. The Morgan fingerprint density at radius 3 is 2.73 bits per heavy atom. The summed E-state index contributed by atoms with van der Waals surface area (Å²) in [5, 5.41) is 7.01. The standard InChI is InChI=1S/C6H9N5/c1-3-4(7)2-10-6(11-3)5(8)9/h2H,7H2,1H3,(H3,8,9). The van der Waals surface area contributed by atoms with Gasteiger partial charge in [0, 0.05) is 0 Å². The number of hydrogen-bond donors (Lipinski definition) is 3. The van der Waals surface area contributed by atoms with Crippen LogP contribution in [0.2, 0.25) is 0 Å². The van der Waals surface area contributed by atoms with Gasteiger partial charge >= 0.3 is 0 Å². The maximum atomic E-state index is 7.01. The second-order valence-corrected chi connectivity index (χ2v) is 2.15. The summed E-state index contributed by atoms with van der Waals surface area (Å²) in [6.07, 6.45) is 1.44. The average molecular weight is 151 g/mol. The molecule has 5 heteroatoms. The lowest BCUT2D eigenvalue weighted by Crippen LogP contribution is -2.16. The first kappa shape index (κ1) is 7.46. The molecule has 5 N–H and O–H groups in total. The van der Waals surface area contributed by atoms with Crippen LogP contribution in [0.25, 0.3) is 0 Å². The van der Waals surface area contributed by atoms with E-state index in [0.717, 1.165) is 0 Å². The number of anilines is 1. The molecule has 0 unspecified atom stereocenters. The number of nitrogens with two attached hydrogens (primary N) is 2. The molecule has 1 aromatic heterocycles. The number of nitrogen functional groups attached to an aromatic ring is 2. The zero-order chi connectivity index (χ0) is 8.43. The predicted octanol–water partition coefficient (Wildman–Crippen LogP) is -0.349. The molecule has 0 bridgehead atoms. The molecule has 5 nitrogen and oxygen atoms in total. The van der Waals surface area contributed by atoms with Crippen LogP contribution in [0, 0.1) is 12.3 Å². The molecule has 1 heterocycles. The lowest BCUT2D eigenvalue weighted by Gasteiger charge is -1.99. The molecule has 0 radical (unpaired) electrons. The Kier molecular flexibility index (Phi) is 1.72. The molecule has 0 aromatic carbocycles. The predicted molar refractivity (Wildman–Crippen MR) is 42.2 cm³/mol. The van der Waals surface area contributed by atoms with Gasteiger partial charge in [0.15, 0.2) is 11.7 Å².